The molecular weight excluding hydrogens is 532 g/mol. The van der Waals surface area contributed by atoms with Gasteiger partial charge >= 0.3 is 0 Å². The normalized spacial score (nSPS) is 19.5. The van der Waals surface area contributed by atoms with E-state index in [9.17, 15) is 17.6 Å². The molecule has 7 nitrogen and oxygen atoms in total. The Labute approximate surface area is 226 Å². The average molecular weight is 559 g/mol. The van der Waals surface area contributed by atoms with E-state index in [1.807, 2.05) is 36.9 Å². The van der Waals surface area contributed by atoms with Crippen molar-refractivity contribution < 1.29 is 22.3 Å². The standard InChI is InChI=1S/C27H26F4N6OS/c1-15-11-35(12-16(2)36(15)13-23(30)31)24-6-5-21-25(34-24)26-17(7-8-38-21)9-22(39-26)27-32-14-33-37(27)20-4-3-18(28)10-19(20)29/h3-6,9-10,14-16,23H,7-8,11-13H2,1-2H3. The van der Waals surface area contributed by atoms with Crippen molar-refractivity contribution in [3.63, 3.8) is 0 Å². The quantitative estimate of drug-likeness (QED) is 0.305. The molecule has 0 spiro atoms. The van der Waals surface area contributed by atoms with Crippen LogP contribution in [0, 0.1) is 11.6 Å². The first-order chi connectivity index (χ1) is 18.8. The molecular formula is C27H26F4N6OS. The highest BCUT2D eigenvalue weighted by molar-refractivity contribution is 7.19. The smallest absolute Gasteiger partial charge is 0.251 e. The van der Waals surface area contributed by atoms with Crippen LogP contribution in [0.5, 0.6) is 5.75 Å². The minimum absolute atomic E-state index is 0.0540. The van der Waals surface area contributed by atoms with Gasteiger partial charge in [-0.1, -0.05) is 0 Å². The SMILES string of the molecule is CC1CN(c2ccc3c(n2)-c2sc(-c4ncnn4-c4ccc(F)cc4F)cc2CCO3)CC(C)N1CC(F)F. The van der Waals surface area contributed by atoms with Crippen LogP contribution in [0.3, 0.4) is 0 Å². The van der Waals surface area contributed by atoms with Gasteiger partial charge in [0.25, 0.3) is 6.43 Å². The van der Waals surface area contributed by atoms with Crippen LogP contribution in [0.2, 0.25) is 0 Å². The van der Waals surface area contributed by atoms with Gasteiger partial charge in [0.2, 0.25) is 0 Å². The largest absolute Gasteiger partial charge is 0.491 e. The highest BCUT2D eigenvalue weighted by atomic mass is 32.1. The van der Waals surface area contributed by atoms with E-state index in [0.29, 0.717) is 43.4 Å². The van der Waals surface area contributed by atoms with Gasteiger partial charge in [-0.2, -0.15) is 5.10 Å². The van der Waals surface area contributed by atoms with Gasteiger partial charge in [0, 0.05) is 37.7 Å². The number of piperazine rings is 1. The molecule has 0 N–H and O–H groups in total. The first-order valence-electron chi connectivity index (χ1n) is 12.7. The molecule has 2 unspecified atom stereocenters. The number of anilines is 1. The Morgan fingerprint density at radius 3 is 2.62 bits per heavy atom. The minimum atomic E-state index is -2.37. The lowest BCUT2D eigenvalue weighted by molar-refractivity contribution is 0.0395. The maximum atomic E-state index is 14.6. The van der Waals surface area contributed by atoms with Crippen molar-refractivity contribution in [2.24, 2.45) is 0 Å². The molecule has 204 valence electrons. The molecule has 4 aromatic rings. The molecule has 2 aliphatic rings. The van der Waals surface area contributed by atoms with Crippen LogP contribution in [-0.2, 0) is 6.42 Å². The fourth-order valence-corrected chi connectivity index (χ4v) is 6.58. The van der Waals surface area contributed by atoms with Crippen molar-refractivity contribution in [2.75, 3.05) is 31.1 Å². The molecule has 1 fully saturated rings. The number of benzene rings is 1. The van der Waals surface area contributed by atoms with Crippen LogP contribution in [0.4, 0.5) is 23.4 Å². The van der Waals surface area contributed by atoms with E-state index in [-0.39, 0.29) is 24.3 Å². The molecule has 12 heteroatoms. The summed E-state index contributed by atoms with van der Waals surface area (Å²) in [6, 6.07) is 9.03. The number of hydrogen-bond donors (Lipinski definition) is 0. The van der Waals surface area contributed by atoms with Crippen LogP contribution < -0.4 is 9.64 Å². The fraction of sp³-hybridized carbons (Fsp3) is 0.370. The number of rotatable bonds is 5. The lowest BCUT2D eigenvalue weighted by Gasteiger charge is -2.44. The topological polar surface area (TPSA) is 59.3 Å². The molecule has 0 saturated carbocycles. The third-order valence-electron chi connectivity index (χ3n) is 7.18. The summed E-state index contributed by atoms with van der Waals surface area (Å²) in [7, 11) is 0. The van der Waals surface area contributed by atoms with E-state index < -0.39 is 18.1 Å². The Morgan fingerprint density at radius 2 is 1.87 bits per heavy atom. The Morgan fingerprint density at radius 1 is 1.08 bits per heavy atom. The molecule has 2 aliphatic heterocycles. The van der Waals surface area contributed by atoms with E-state index >= 15 is 0 Å². The molecule has 0 radical (unpaired) electrons. The van der Waals surface area contributed by atoms with Gasteiger partial charge in [-0.05, 0) is 49.7 Å². The maximum absolute atomic E-state index is 14.6. The predicted octanol–water partition coefficient (Wildman–Crippen LogP) is 5.44. The van der Waals surface area contributed by atoms with Crippen molar-refractivity contribution in [2.45, 2.75) is 38.8 Å². The first kappa shape index (κ1) is 25.8. The van der Waals surface area contributed by atoms with E-state index in [1.165, 1.54) is 34.5 Å². The van der Waals surface area contributed by atoms with Crippen molar-refractivity contribution in [3.8, 4) is 32.7 Å². The van der Waals surface area contributed by atoms with Gasteiger partial charge in [0.15, 0.2) is 11.6 Å². The summed E-state index contributed by atoms with van der Waals surface area (Å²) in [4.78, 5) is 15.0. The number of alkyl halides is 2. The summed E-state index contributed by atoms with van der Waals surface area (Å²) in [6.07, 6.45) is -0.385. The minimum Gasteiger partial charge on any atom is -0.491 e. The number of thiophene rings is 1. The van der Waals surface area contributed by atoms with Crippen LogP contribution >= 0.6 is 11.3 Å². The lowest BCUT2D eigenvalue weighted by Crippen LogP contribution is -2.58. The maximum Gasteiger partial charge on any atom is 0.251 e. The third kappa shape index (κ3) is 4.87. The molecule has 1 saturated heterocycles. The Kier molecular flexibility index (Phi) is 6.76. The van der Waals surface area contributed by atoms with Gasteiger partial charge < -0.3 is 9.64 Å². The molecule has 5 heterocycles. The molecule has 39 heavy (non-hydrogen) atoms. The van der Waals surface area contributed by atoms with Gasteiger partial charge in [-0.25, -0.2) is 32.2 Å². The summed E-state index contributed by atoms with van der Waals surface area (Å²) >= 11 is 1.46. The van der Waals surface area contributed by atoms with E-state index in [0.717, 1.165) is 27.2 Å². The van der Waals surface area contributed by atoms with Crippen molar-refractivity contribution in [1.29, 1.82) is 0 Å². The van der Waals surface area contributed by atoms with Gasteiger partial charge in [-0.15, -0.1) is 11.3 Å². The molecule has 0 aliphatic carbocycles. The summed E-state index contributed by atoms with van der Waals surface area (Å²) in [5, 5.41) is 4.19. The molecule has 0 bridgehead atoms. The summed E-state index contributed by atoms with van der Waals surface area (Å²) in [5.74, 6) is 0.456. The van der Waals surface area contributed by atoms with Crippen molar-refractivity contribution in [1.82, 2.24) is 24.6 Å². The highest BCUT2D eigenvalue weighted by Gasteiger charge is 2.32. The van der Waals surface area contributed by atoms with E-state index in [2.05, 4.69) is 15.0 Å². The Bertz CT molecular complexity index is 1500. The number of hydrogen-bond acceptors (Lipinski definition) is 7. The number of pyridine rings is 1. The second-order valence-electron chi connectivity index (χ2n) is 9.86. The summed E-state index contributed by atoms with van der Waals surface area (Å²) in [5.41, 5.74) is 1.83. The zero-order chi connectivity index (χ0) is 27.3. The average Bonchev–Trinajstić information content (AvgIpc) is 3.50. The molecule has 2 atom stereocenters. The Balaban J connectivity index is 1.34. The lowest BCUT2D eigenvalue weighted by atomic mass is 10.1. The third-order valence-corrected chi connectivity index (χ3v) is 8.36. The molecule has 1 aromatic carbocycles. The molecule has 0 amide bonds. The zero-order valence-corrected chi connectivity index (χ0v) is 22.1. The zero-order valence-electron chi connectivity index (χ0n) is 21.3. The summed E-state index contributed by atoms with van der Waals surface area (Å²) in [6.45, 7) is 5.31. The number of ether oxygens (including phenoxy) is 1. The number of nitrogens with zero attached hydrogens (tertiary/aromatic N) is 6. The van der Waals surface area contributed by atoms with E-state index in [4.69, 9.17) is 9.72 Å². The van der Waals surface area contributed by atoms with Crippen LogP contribution in [0.15, 0.2) is 42.7 Å². The van der Waals surface area contributed by atoms with Crippen molar-refractivity contribution >= 4 is 17.2 Å². The fourth-order valence-electron chi connectivity index (χ4n) is 5.39. The first-order valence-corrected chi connectivity index (χ1v) is 13.5. The summed E-state index contributed by atoms with van der Waals surface area (Å²) < 4.78 is 61.6. The predicted molar refractivity (Wildman–Crippen MR) is 141 cm³/mol. The molecule has 6 rings (SSSR count). The van der Waals surface area contributed by atoms with Crippen LogP contribution in [-0.4, -0.2) is 69.4 Å². The van der Waals surface area contributed by atoms with Gasteiger partial charge in [0.1, 0.15) is 35.1 Å². The number of halogens is 4. The second kappa shape index (κ2) is 10.2. The molecule has 3 aromatic heterocycles. The highest BCUT2D eigenvalue weighted by Crippen LogP contribution is 2.43. The second-order valence-corrected chi connectivity index (χ2v) is 10.9. The van der Waals surface area contributed by atoms with Gasteiger partial charge in [-0.3, -0.25) is 4.90 Å². The number of aromatic nitrogens is 4. The van der Waals surface area contributed by atoms with Crippen LogP contribution in [0.1, 0.15) is 19.4 Å². The monoisotopic (exact) mass is 558 g/mol. The van der Waals surface area contributed by atoms with Gasteiger partial charge in [0.05, 0.1) is 22.9 Å². The van der Waals surface area contributed by atoms with Crippen molar-refractivity contribution in [3.05, 3.63) is 59.9 Å². The van der Waals surface area contributed by atoms with E-state index in [1.54, 1.807) is 0 Å². The number of fused-ring (bicyclic) bond motifs is 3. The van der Waals surface area contributed by atoms with Crippen LogP contribution in [0.25, 0.3) is 27.0 Å². The Hall–Kier alpha value is -3.51.